The molecule has 10 nitrogen and oxygen atoms in total. The number of carbonyl (C=O) groups excluding carboxylic acids is 2. The van der Waals surface area contributed by atoms with Crippen LogP contribution in [0.25, 0.3) is 16.9 Å². The molecular weight excluding hydrogens is 691 g/mol. The van der Waals surface area contributed by atoms with Crippen molar-refractivity contribution >= 4 is 33.6 Å². The van der Waals surface area contributed by atoms with Gasteiger partial charge in [0.15, 0.2) is 0 Å². The molecule has 12 heteroatoms. The zero-order chi connectivity index (χ0) is 34.4. The van der Waals surface area contributed by atoms with E-state index in [1.807, 2.05) is 26.0 Å². The van der Waals surface area contributed by atoms with E-state index in [0.717, 1.165) is 22.9 Å². The largest absolute Gasteiger partial charge is 0.490 e. The average molecular weight is 726 g/mol. The third-order valence-corrected chi connectivity index (χ3v) is 9.83. The van der Waals surface area contributed by atoms with Crippen LogP contribution in [0.5, 0.6) is 5.75 Å². The number of ether oxygens (including phenoxy) is 1. The Morgan fingerprint density at radius 2 is 1.82 bits per heavy atom. The number of pyridine rings is 1. The number of nitrogen functional groups attached to an aromatic ring is 1. The highest BCUT2D eigenvalue weighted by molar-refractivity contribution is 9.10. The Morgan fingerprint density at radius 3 is 2.53 bits per heavy atom. The summed E-state index contributed by atoms with van der Waals surface area (Å²) in [7, 11) is 0. The summed E-state index contributed by atoms with van der Waals surface area (Å²) in [6.07, 6.45) is 2.20. The van der Waals surface area contributed by atoms with E-state index in [1.165, 1.54) is 10.6 Å². The van der Waals surface area contributed by atoms with Crippen molar-refractivity contribution in [1.82, 2.24) is 24.3 Å². The molecule has 0 radical (unpaired) electrons. The normalized spacial score (nSPS) is 15.5. The highest BCUT2D eigenvalue weighted by Gasteiger charge is 2.35. The maximum Gasteiger partial charge on any atom is 0.333 e. The minimum atomic E-state index is -0.597. The molecule has 49 heavy (non-hydrogen) atoms. The predicted molar refractivity (Wildman–Crippen MR) is 187 cm³/mol. The monoisotopic (exact) mass is 724 g/mol. The lowest BCUT2D eigenvalue weighted by Gasteiger charge is -2.34. The molecule has 0 saturated heterocycles. The number of aryl methyl sites for hydroxylation is 1. The first-order chi connectivity index (χ1) is 23.6. The average Bonchev–Trinajstić information content (AvgIpc) is 3.86. The molecule has 2 aliphatic rings. The van der Waals surface area contributed by atoms with Gasteiger partial charge in [-0.1, -0.05) is 34.1 Å². The summed E-state index contributed by atoms with van der Waals surface area (Å²) >= 11 is 3.49. The van der Waals surface area contributed by atoms with Gasteiger partial charge in [-0.25, -0.2) is 14.2 Å². The number of anilines is 1. The quantitative estimate of drug-likeness (QED) is 0.202. The lowest BCUT2D eigenvalue weighted by atomic mass is 10.0. The molecule has 3 aromatic carbocycles. The van der Waals surface area contributed by atoms with Gasteiger partial charge in [0, 0.05) is 40.3 Å². The van der Waals surface area contributed by atoms with E-state index in [9.17, 15) is 14.4 Å². The maximum absolute atomic E-state index is 15.3. The fraction of sp³-hybridized carbons (Fsp3) is 0.243. The highest BCUT2D eigenvalue weighted by Crippen LogP contribution is 2.30. The molecule has 1 saturated carbocycles. The van der Waals surface area contributed by atoms with Gasteiger partial charge in [-0.3, -0.25) is 18.7 Å². The number of fused-ring (bicyclic) bond motifs is 1. The van der Waals surface area contributed by atoms with Crippen molar-refractivity contribution in [1.29, 1.82) is 0 Å². The number of nitrogens with two attached hydrogens (primary N) is 1. The van der Waals surface area contributed by atoms with Crippen LogP contribution in [0.2, 0.25) is 0 Å². The van der Waals surface area contributed by atoms with Crippen molar-refractivity contribution < 1.29 is 18.7 Å². The number of imidazole rings is 1. The number of amides is 2. The van der Waals surface area contributed by atoms with Gasteiger partial charge in [-0.05, 0) is 92.9 Å². The number of hydrogen-bond donors (Lipinski definition) is 2. The number of hydrogen-bond acceptors (Lipinski definition) is 6. The zero-order valence-corrected chi connectivity index (χ0v) is 28.5. The Hall–Kier alpha value is -5.23. The van der Waals surface area contributed by atoms with E-state index in [1.54, 1.807) is 70.1 Å². The first kappa shape index (κ1) is 32.3. The minimum Gasteiger partial charge on any atom is -0.490 e. The molecule has 1 unspecified atom stereocenters. The van der Waals surface area contributed by atoms with Gasteiger partial charge in [-0.15, -0.1) is 0 Å². The molecule has 0 bridgehead atoms. The van der Waals surface area contributed by atoms with Gasteiger partial charge in [-0.2, -0.15) is 0 Å². The summed E-state index contributed by atoms with van der Waals surface area (Å²) in [4.78, 5) is 48.2. The second kappa shape index (κ2) is 13.0. The molecule has 2 amide bonds. The van der Waals surface area contributed by atoms with Crippen molar-refractivity contribution in [3.8, 4) is 22.7 Å². The summed E-state index contributed by atoms with van der Waals surface area (Å²) < 4.78 is 25.0. The number of nitrogens with zero attached hydrogens (tertiary/aromatic N) is 4. The molecule has 1 aliphatic carbocycles. The number of carbonyl (C=O) groups is 2. The molecular formula is C37H34BrFN6O4. The van der Waals surface area contributed by atoms with Crippen LogP contribution in [0.1, 0.15) is 57.4 Å². The van der Waals surface area contributed by atoms with Crippen molar-refractivity contribution in [2.45, 2.75) is 58.5 Å². The van der Waals surface area contributed by atoms with E-state index in [-0.39, 0.29) is 54.8 Å². The molecule has 3 heterocycles. The van der Waals surface area contributed by atoms with Gasteiger partial charge in [0.1, 0.15) is 23.1 Å². The van der Waals surface area contributed by atoms with E-state index in [4.69, 9.17) is 10.5 Å². The Morgan fingerprint density at radius 1 is 1.06 bits per heavy atom. The summed E-state index contributed by atoms with van der Waals surface area (Å²) in [6, 6.07) is 21.7. The van der Waals surface area contributed by atoms with E-state index >= 15 is 4.39 Å². The van der Waals surface area contributed by atoms with Crippen LogP contribution < -0.4 is 21.5 Å². The molecule has 250 valence electrons. The molecule has 1 aliphatic heterocycles. The highest BCUT2D eigenvalue weighted by atomic mass is 79.9. The van der Waals surface area contributed by atoms with Gasteiger partial charge in [0.25, 0.3) is 11.8 Å². The van der Waals surface area contributed by atoms with Crippen molar-refractivity contribution in [2.75, 3.05) is 5.73 Å². The molecule has 2 aromatic heterocycles. The molecule has 0 spiro atoms. The van der Waals surface area contributed by atoms with Crippen LogP contribution in [0.15, 0.2) is 88.1 Å². The Balaban J connectivity index is 1.27. The number of halogens is 2. The fourth-order valence-corrected chi connectivity index (χ4v) is 6.44. The van der Waals surface area contributed by atoms with E-state index < -0.39 is 17.4 Å². The third-order valence-electron chi connectivity index (χ3n) is 8.94. The minimum absolute atomic E-state index is 0.0150. The van der Waals surface area contributed by atoms with Crippen molar-refractivity contribution in [3.05, 3.63) is 128 Å². The number of benzene rings is 3. The molecule has 1 atom stereocenters. The van der Waals surface area contributed by atoms with E-state index in [2.05, 4.69) is 26.2 Å². The zero-order valence-electron chi connectivity index (χ0n) is 27.0. The lowest BCUT2D eigenvalue weighted by molar-refractivity contribution is 0.0610. The smallest absolute Gasteiger partial charge is 0.333 e. The van der Waals surface area contributed by atoms with Crippen LogP contribution >= 0.6 is 15.9 Å². The maximum atomic E-state index is 15.3. The van der Waals surface area contributed by atoms with Crippen LogP contribution in [-0.2, 0) is 19.6 Å². The standard InChI is InChI=1S/C37H34BrFN6O4/c1-21-17-23(9-16-29(21)38)36(47)43-20-32-34(35(46)41-18-28-27(5-3-6-30(28)39)31-7-4-8-33(40)42-31)45(37(48)44(32)19-22(43)2)24-10-12-25(13-11-24)49-26-14-15-26/h3-13,16-17,22,26H,14-15,18-20H2,1-2H3,(H2,40,42)(H,41,46). The number of rotatable bonds is 8. The van der Waals surface area contributed by atoms with Crippen LogP contribution in [0.3, 0.4) is 0 Å². The fourth-order valence-electron chi connectivity index (χ4n) is 6.19. The Kier molecular flexibility index (Phi) is 8.57. The summed E-state index contributed by atoms with van der Waals surface area (Å²) in [5, 5.41) is 2.86. The van der Waals surface area contributed by atoms with Crippen molar-refractivity contribution in [3.63, 3.8) is 0 Å². The van der Waals surface area contributed by atoms with Crippen molar-refractivity contribution in [2.24, 2.45) is 0 Å². The Labute approximate surface area is 290 Å². The summed E-state index contributed by atoms with van der Waals surface area (Å²) in [6.45, 7) is 3.79. The van der Waals surface area contributed by atoms with Gasteiger partial charge >= 0.3 is 5.69 Å². The molecule has 5 aromatic rings. The predicted octanol–water partition coefficient (Wildman–Crippen LogP) is 6.01. The number of nitrogens with one attached hydrogen (secondary N) is 1. The first-order valence-electron chi connectivity index (χ1n) is 16.1. The SMILES string of the molecule is Cc1cc(C(=O)N2Cc3c(C(=O)NCc4c(F)cccc4-c4cccc(N)n4)n(-c4ccc(OC5CC5)cc4)c(=O)n3CC2C)ccc1Br. The first-order valence-corrected chi connectivity index (χ1v) is 16.9. The van der Waals surface area contributed by atoms with Crippen LogP contribution in [0, 0.1) is 12.7 Å². The number of aromatic nitrogens is 3. The van der Waals surface area contributed by atoms with Gasteiger partial charge in [0.05, 0.1) is 29.7 Å². The topological polar surface area (TPSA) is 124 Å². The van der Waals surface area contributed by atoms with Crippen LogP contribution in [0.4, 0.5) is 10.2 Å². The van der Waals surface area contributed by atoms with Gasteiger partial charge in [0.2, 0.25) is 0 Å². The van der Waals surface area contributed by atoms with Crippen LogP contribution in [-0.4, -0.2) is 43.0 Å². The second-order valence-corrected chi connectivity index (χ2v) is 13.3. The van der Waals surface area contributed by atoms with Gasteiger partial charge < -0.3 is 20.7 Å². The summed E-state index contributed by atoms with van der Waals surface area (Å²) in [5.41, 5.74) is 8.97. The summed E-state index contributed by atoms with van der Waals surface area (Å²) in [5.74, 6) is -0.388. The molecule has 3 N–H and O–H groups in total. The third kappa shape index (κ3) is 6.35. The van der Waals surface area contributed by atoms with E-state index in [0.29, 0.717) is 34.0 Å². The lowest BCUT2D eigenvalue weighted by Crippen LogP contribution is -2.47. The molecule has 1 fully saturated rings. The Bertz CT molecular complexity index is 2160. The second-order valence-electron chi connectivity index (χ2n) is 12.5. The molecule has 7 rings (SSSR count).